The molecule has 0 N–H and O–H groups in total. The fraction of sp³-hybridized carbons (Fsp3) is 0.950. The van der Waals surface area contributed by atoms with Crippen molar-refractivity contribution in [3.8, 4) is 0 Å². The molecule has 0 aromatic rings. The highest BCUT2D eigenvalue weighted by molar-refractivity contribution is 5.75. The average Bonchev–Trinajstić information content (AvgIpc) is 2.43. The Balaban J connectivity index is 3.26. The van der Waals surface area contributed by atoms with E-state index in [-0.39, 0.29) is 0 Å². The molecule has 0 bridgehead atoms. The number of hydrogen-bond donors (Lipinski definition) is 0. The molecule has 0 rings (SSSR count). The largest absolute Gasteiger partial charge is 0.300 e. The van der Waals surface area contributed by atoms with Crippen molar-refractivity contribution in [2.45, 2.75) is 111 Å². The van der Waals surface area contributed by atoms with Gasteiger partial charge < -0.3 is 4.79 Å². The lowest BCUT2D eigenvalue weighted by Crippen LogP contribution is -1.98. The molecule has 1 nitrogen and oxygen atoms in total. The van der Waals surface area contributed by atoms with E-state index in [1.807, 2.05) is 0 Å². The van der Waals surface area contributed by atoms with E-state index in [4.69, 9.17) is 0 Å². The highest BCUT2D eigenvalue weighted by atomic mass is 16.1. The lowest BCUT2D eigenvalue weighted by atomic mass is 9.95. The topological polar surface area (TPSA) is 17.1 Å². The number of carbonyl (C=O) groups excluding carboxylic acids is 1. The molecule has 0 radical (unpaired) electrons. The molecular weight excluding hydrogens is 256 g/mol. The first kappa shape index (κ1) is 20.7. The maximum absolute atomic E-state index is 10.9. The van der Waals surface area contributed by atoms with Crippen molar-refractivity contribution in [2.24, 2.45) is 11.8 Å². The molecule has 0 amide bonds. The van der Waals surface area contributed by atoms with Crippen molar-refractivity contribution in [3.05, 3.63) is 0 Å². The van der Waals surface area contributed by atoms with Crippen LogP contribution in [-0.4, -0.2) is 5.78 Å². The predicted octanol–water partition coefficient (Wildman–Crippen LogP) is 6.94. The second-order valence-electron chi connectivity index (χ2n) is 7.29. The van der Waals surface area contributed by atoms with Crippen LogP contribution < -0.4 is 0 Å². The average molecular weight is 297 g/mol. The van der Waals surface area contributed by atoms with Gasteiger partial charge in [0.15, 0.2) is 0 Å². The van der Waals surface area contributed by atoms with Gasteiger partial charge in [-0.1, -0.05) is 91.4 Å². The van der Waals surface area contributed by atoms with Crippen LogP contribution in [-0.2, 0) is 4.79 Å². The summed E-state index contributed by atoms with van der Waals surface area (Å²) in [4.78, 5) is 10.9. The smallest absolute Gasteiger partial charge is 0.129 e. The Morgan fingerprint density at radius 2 is 1.14 bits per heavy atom. The Kier molecular flexibility index (Phi) is 14.4. The maximum atomic E-state index is 10.9. The number of ketones is 1. The van der Waals surface area contributed by atoms with Crippen molar-refractivity contribution in [3.63, 3.8) is 0 Å². The van der Waals surface area contributed by atoms with Crippen molar-refractivity contribution in [1.82, 2.24) is 0 Å². The van der Waals surface area contributed by atoms with Crippen molar-refractivity contribution in [1.29, 1.82) is 0 Å². The molecule has 126 valence electrons. The first-order valence-corrected chi connectivity index (χ1v) is 9.55. The molecule has 0 spiro atoms. The van der Waals surface area contributed by atoms with Crippen LogP contribution in [0.15, 0.2) is 0 Å². The van der Waals surface area contributed by atoms with E-state index in [9.17, 15) is 4.79 Å². The van der Waals surface area contributed by atoms with Gasteiger partial charge in [0.1, 0.15) is 5.78 Å². The van der Waals surface area contributed by atoms with Crippen LogP contribution in [0, 0.1) is 11.8 Å². The van der Waals surface area contributed by atoms with Gasteiger partial charge in [0.2, 0.25) is 0 Å². The minimum atomic E-state index is 0.343. The van der Waals surface area contributed by atoms with Gasteiger partial charge in [0.05, 0.1) is 0 Å². The van der Waals surface area contributed by atoms with Gasteiger partial charge in [-0.15, -0.1) is 0 Å². The Bertz CT molecular complexity index is 234. The molecule has 0 fully saturated rings. The zero-order valence-electron chi connectivity index (χ0n) is 15.3. The van der Waals surface area contributed by atoms with E-state index in [2.05, 4.69) is 20.8 Å². The second-order valence-corrected chi connectivity index (χ2v) is 7.29. The Morgan fingerprint density at radius 1 is 0.714 bits per heavy atom. The normalized spacial score (nSPS) is 14.1. The summed E-state index contributed by atoms with van der Waals surface area (Å²) in [5.41, 5.74) is 0. The number of hydrogen-bond acceptors (Lipinski definition) is 1. The summed E-state index contributed by atoms with van der Waals surface area (Å²) in [6.07, 6.45) is 17.1. The summed E-state index contributed by atoms with van der Waals surface area (Å²) in [6.45, 7) is 8.75. The molecule has 0 unspecified atom stereocenters. The van der Waals surface area contributed by atoms with Crippen LogP contribution in [0.25, 0.3) is 0 Å². The van der Waals surface area contributed by atoms with E-state index in [1.54, 1.807) is 6.92 Å². The molecule has 2 atom stereocenters. The summed E-state index contributed by atoms with van der Waals surface area (Å²) in [6, 6.07) is 0. The first-order chi connectivity index (χ1) is 10.1. The number of unbranched alkanes of at least 4 members (excludes halogenated alkanes) is 5. The van der Waals surface area contributed by atoms with Crippen LogP contribution in [0.2, 0.25) is 0 Å². The Labute approximate surface area is 134 Å². The third-order valence-corrected chi connectivity index (χ3v) is 4.67. The van der Waals surface area contributed by atoms with Crippen molar-refractivity contribution >= 4 is 5.78 Å². The zero-order chi connectivity index (χ0) is 15.9. The van der Waals surface area contributed by atoms with Crippen LogP contribution in [0.4, 0.5) is 0 Å². The van der Waals surface area contributed by atoms with E-state index < -0.39 is 0 Å². The van der Waals surface area contributed by atoms with Gasteiger partial charge in [0.25, 0.3) is 0 Å². The molecule has 0 saturated heterocycles. The molecule has 0 aromatic heterocycles. The van der Waals surface area contributed by atoms with Crippen LogP contribution in [0.3, 0.4) is 0 Å². The highest BCUT2D eigenvalue weighted by Crippen LogP contribution is 2.19. The molecule has 0 aliphatic rings. The summed E-state index contributed by atoms with van der Waals surface area (Å²) in [7, 11) is 0. The molecule has 0 aliphatic heterocycles. The molecule has 1 heteroatoms. The van der Waals surface area contributed by atoms with Gasteiger partial charge in [-0.25, -0.2) is 0 Å². The zero-order valence-corrected chi connectivity index (χ0v) is 15.3. The minimum absolute atomic E-state index is 0.343. The van der Waals surface area contributed by atoms with Crippen molar-refractivity contribution < 1.29 is 4.79 Å². The fourth-order valence-electron chi connectivity index (χ4n) is 3.06. The first-order valence-electron chi connectivity index (χ1n) is 9.55. The van der Waals surface area contributed by atoms with E-state index in [1.165, 1.54) is 70.6 Å². The van der Waals surface area contributed by atoms with E-state index in [0.29, 0.717) is 5.78 Å². The second kappa shape index (κ2) is 14.6. The summed E-state index contributed by atoms with van der Waals surface area (Å²) in [5.74, 6) is 2.08. The molecule has 0 saturated carbocycles. The fourth-order valence-corrected chi connectivity index (χ4v) is 3.06. The molecule has 21 heavy (non-hydrogen) atoms. The Hall–Kier alpha value is -0.330. The van der Waals surface area contributed by atoms with E-state index >= 15 is 0 Å². The number of Topliss-reactive ketones (excluding diaryl/α,β-unsaturated/α-hetero) is 1. The van der Waals surface area contributed by atoms with Crippen molar-refractivity contribution in [2.75, 3.05) is 0 Å². The lowest BCUT2D eigenvalue weighted by Gasteiger charge is -2.11. The SMILES string of the molecule is CCCC[C@H](C)CCCCCCC[C@H](C)CCCC(C)=O. The van der Waals surface area contributed by atoms with Gasteiger partial charge in [-0.2, -0.15) is 0 Å². The van der Waals surface area contributed by atoms with Gasteiger partial charge in [0, 0.05) is 6.42 Å². The third kappa shape index (κ3) is 15.9. The van der Waals surface area contributed by atoms with Gasteiger partial charge in [-0.3, -0.25) is 0 Å². The summed E-state index contributed by atoms with van der Waals surface area (Å²) >= 11 is 0. The number of carbonyl (C=O) groups is 1. The lowest BCUT2D eigenvalue weighted by molar-refractivity contribution is -0.117. The molecule has 0 aromatic carbocycles. The van der Waals surface area contributed by atoms with Crippen LogP contribution in [0.1, 0.15) is 111 Å². The van der Waals surface area contributed by atoms with Crippen LogP contribution in [0.5, 0.6) is 0 Å². The maximum Gasteiger partial charge on any atom is 0.129 e. The summed E-state index contributed by atoms with van der Waals surface area (Å²) < 4.78 is 0. The molecular formula is C20H40O. The minimum Gasteiger partial charge on any atom is -0.300 e. The molecule has 0 heterocycles. The predicted molar refractivity (Wildman–Crippen MR) is 94.7 cm³/mol. The third-order valence-electron chi connectivity index (χ3n) is 4.67. The van der Waals surface area contributed by atoms with E-state index in [0.717, 1.165) is 24.7 Å². The quantitative estimate of drug-likeness (QED) is 0.299. The number of rotatable bonds is 15. The monoisotopic (exact) mass is 296 g/mol. The molecule has 0 aliphatic carbocycles. The Morgan fingerprint density at radius 3 is 1.62 bits per heavy atom. The van der Waals surface area contributed by atoms with Gasteiger partial charge in [-0.05, 0) is 25.2 Å². The van der Waals surface area contributed by atoms with Crippen LogP contribution >= 0.6 is 0 Å². The van der Waals surface area contributed by atoms with Gasteiger partial charge >= 0.3 is 0 Å². The highest BCUT2D eigenvalue weighted by Gasteiger charge is 2.04. The standard InChI is InChI=1S/C20H40O/c1-5-6-13-18(2)14-10-8-7-9-11-15-19(3)16-12-17-20(4)21/h18-19H,5-17H2,1-4H3/t18-,19-/m0/s1. The summed E-state index contributed by atoms with van der Waals surface area (Å²) in [5, 5.41) is 0.